The zero-order valence-electron chi connectivity index (χ0n) is 12.2. The van der Waals surface area contributed by atoms with Crippen LogP contribution >= 0.6 is 15.9 Å². The fourth-order valence-corrected chi connectivity index (χ4v) is 4.73. The van der Waals surface area contributed by atoms with E-state index in [2.05, 4.69) is 20.8 Å². The van der Waals surface area contributed by atoms with E-state index in [0.29, 0.717) is 18.0 Å². The van der Waals surface area contributed by atoms with Crippen molar-refractivity contribution in [1.82, 2.24) is 4.90 Å². The second kappa shape index (κ2) is 6.02. The van der Waals surface area contributed by atoms with E-state index in [9.17, 15) is 8.42 Å². The van der Waals surface area contributed by atoms with Crippen LogP contribution in [0.5, 0.6) is 0 Å². The number of anilines is 1. The average molecular weight is 381 g/mol. The van der Waals surface area contributed by atoms with Crippen LogP contribution in [0.1, 0.15) is 5.56 Å². The highest BCUT2D eigenvalue weighted by Crippen LogP contribution is 2.30. The van der Waals surface area contributed by atoms with Gasteiger partial charge in [-0.05, 0) is 36.9 Å². The molecule has 4 nitrogen and oxygen atoms in total. The number of benzene rings is 2. The third kappa shape index (κ3) is 2.91. The van der Waals surface area contributed by atoms with Gasteiger partial charge in [-0.25, -0.2) is 8.42 Å². The molecule has 0 amide bonds. The van der Waals surface area contributed by atoms with Crippen LogP contribution in [0.3, 0.4) is 0 Å². The van der Waals surface area contributed by atoms with Crippen molar-refractivity contribution in [3.05, 3.63) is 58.6 Å². The van der Waals surface area contributed by atoms with E-state index in [1.165, 1.54) is 4.31 Å². The van der Waals surface area contributed by atoms with Crippen LogP contribution in [0, 0.1) is 0 Å². The molecule has 1 heterocycles. The summed E-state index contributed by atoms with van der Waals surface area (Å²) < 4.78 is 28.4. The molecule has 1 aliphatic heterocycles. The van der Waals surface area contributed by atoms with Gasteiger partial charge >= 0.3 is 0 Å². The Morgan fingerprint density at radius 2 is 1.82 bits per heavy atom. The monoisotopic (exact) mass is 380 g/mol. The van der Waals surface area contributed by atoms with Crippen LogP contribution in [0.15, 0.2) is 57.9 Å². The molecule has 0 fully saturated rings. The molecule has 0 radical (unpaired) electrons. The van der Waals surface area contributed by atoms with Crippen molar-refractivity contribution in [2.45, 2.75) is 11.4 Å². The standard InChI is InChI=1S/C16H17BrN2O2S/c1-18-9-10-19(16-8-3-2-5-13(16)12-18)22(20,21)15-7-4-6-14(17)11-15/h2-8,11H,9-10,12H2,1H3. The van der Waals surface area contributed by atoms with Gasteiger partial charge in [0.25, 0.3) is 10.0 Å². The van der Waals surface area contributed by atoms with Crippen LogP contribution in [0.2, 0.25) is 0 Å². The Kier molecular flexibility index (Phi) is 4.25. The average Bonchev–Trinajstić information content (AvgIpc) is 2.65. The molecule has 0 aliphatic carbocycles. The molecule has 0 spiro atoms. The van der Waals surface area contributed by atoms with Crippen molar-refractivity contribution in [2.75, 3.05) is 24.4 Å². The third-order valence-corrected chi connectivity index (χ3v) is 6.07. The van der Waals surface area contributed by atoms with Gasteiger partial charge in [0.1, 0.15) is 0 Å². The molecule has 0 unspecified atom stereocenters. The first-order valence-corrected chi connectivity index (χ1v) is 9.26. The van der Waals surface area contributed by atoms with Crippen molar-refractivity contribution in [2.24, 2.45) is 0 Å². The lowest BCUT2D eigenvalue weighted by molar-refractivity contribution is 0.344. The number of fused-ring (bicyclic) bond motifs is 1. The normalized spacial score (nSPS) is 16.2. The summed E-state index contributed by atoms with van der Waals surface area (Å²) in [5.74, 6) is 0. The SMILES string of the molecule is CN1CCN(S(=O)(=O)c2cccc(Br)c2)c2ccccc2C1. The Hall–Kier alpha value is -1.37. The molecule has 0 aromatic heterocycles. The van der Waals surface area contributed by atoms with Gasteiger partial charge in [0.15, 0.2) is 0 Å². The van der Waals surface area contributed by atoms with Gasteiger partial charge in [-0.3, -0.25) is 4.31 Å². The maximum absolute atomic E-state index is 13.0. The first kappa shape index (κ1) is 15.5. The topological polar surface area (TPSA) is 40.6 Å². The predicted octanol–water partition coefficient (Wildman–Crippen LogP) is 3.09. The largest absolute Gasteiger partial charge is 0.300 e. The van der Waals surface area contributed by atoms with Gasteiger partial charge in [0.2, 0.25) is 0 Å². The summed E-state index contributed by atoms with van der Waals surface area (Å²) in [7, 11) is -1.56. The van der Waals surface area contributed by atoms with Gasteiger partial charge in [0.05, 0.1) is 10.6 Å². The van der Waals surface area contributed by atoms with Crippen LogP contribution < -0.4 is 4.31 Å². The van der Waals surface area contributed by atoms with Crippen molar-refractivity contribution < 1.29 is 8.42 Å². The molecular weight excluding hydrogens is 364 g/mol. The maximum Gasteiger partial charge on any atom is 0.264 e. The lowest BCUT2D eigenvalue weighted by Gasteiger charge is -2.24. The molecule has 3 rings (SSSR count). The third-order valence-electron chi connectivity index (χ3n) is 3.77. The van der Waals surface area contributed by atoms with Crippen molar-refractivity contribution in [3.8, 4) is 0 Å². The summed E-state index contributed by atoms with van der Waals surface area (Å²) in [4.78, 5) is 2.44. The summed E-state index contributed by atoms with van der Waals surface area (Å²) in [5, 5.41) is 0. The highest BCUT2D eigenvalue weighted by Gasteiger charge is 2.29. The van der Waals surface area contributed by atoms with Gasteiger partial charge < -0.3 is 4.90 Å². The fourth-order valence-electron chi connectivity index (χ4n) is 2.64. The molecular formula is C16H17BrN2O2S. The Bertz CT molecular complexity index is 792. The number of halogens is 1. The highest BCUT2D eigenvalue weighted by atomic mass is 79.9. The molecule has 22 heavy (non-hydrogen) atoms. The number of para-hydroxylation sites is 1. The van der Waals surface area contributed by atoms with Crippen LogP contribution in [-0.2, 0) is 16.6 Å². The van der Waals surface area contributed by atoms with E-state index >= 15 is 0 Å². The molecule has 0 saturated heterocycles. The number of sulfonamides is 1. The van der Waals surface area contributed by atoms with Gasteiger partial charge in [-0.1, -0.05) is 40.2 Å². The molecule has 0 N–H and O–H groups in total. The Morgan fingerprint density at radius 3 is 2.59 bits per heavy atom. The summed E-state index contributed by atoms with van der Waals surface area (Å²) in [5.41, 5.74) is 1.80. The Balaban J connectivity index is 2.11. The molecule has 0 saturated carbocycles. The predicted molar refractivity (Wildman–Crippen MR) is 91.4 cm³/mol. The quantitative estimate of drug-likeness (QED) is 0.803. The van der Waals surface area contributed by atoms with E-state index in [1.54, 1.807) is 18.2 Å². The minimum atomic E-state index is -3.57. The van der Waals surface area contributed by atoms with E-state index in [4.69, 9.17) is 0 Å². The van der Waals surface area contributed by atoms with Gasteiger partial charge in [-0.2, -0.15) is 0 Å². The summed E-state index contributed by atoms with van der Waals surface area (Å²) in [6.45, 7) is 1.89. The Labute approximate surface area is 139 Å². The smallest absolute Gasteiger partial charge is 0.264 e. The number of hydrogen-bond donors (Lipinski definition) is 0. The molecule has 6 heteroatoms. The summed E-state index contributed by atoms with van der Waals surface area (Å²) in [6.07, 6.45) is 0. The lowest BCUT2D eigenvalue weighted by Crippen LogP contribution is -2.35. The minimum absolute atomic E-state index is 0.307. The van der Waals surface area contributed by atoms with Crippen LogP contribution in [0.4, 0.5) is 5.69 Å². The van der Waals surface area contributed by atoms with Crippen molar-refractivity contribution in [3.63, 3.8) is 0 Å². The van der Waals surface area contributed by atoms with E-state index in [1.807, 2.05) is 37.4 Å². The summed E-state index contributed by atoms with van der Waals surface area (Å²) >= 11 is 3.34. The lowest BCUT2D eigenvalue weighted by atomic mass is 10.2. The number of hydrogen-bond acceptors (Lipinski definition) is 3. The first-order valence-electron chi connectivity index (χ1n) is 7.03. The number of nitrogens with zero attached hydrogens (tertiary/aromatic N) is 2. The fraction of sp³-hybridized carbons (Fsp3) is 0.250. The zero-order valence-corrected chi connectivity index (χ0v) is 14.6. The molecule has 2 aromatic rings. The van der Waals surface area contributed by atoms with Crippen molar-refractivity contribution in [1.29, 1.82) is 0 Å². The van der Waals surface area contributed by atoms with E-state index < -0.39 is 10.0 Å². The molecule has 0 bridgehead atoms. The molecule has 0 atom stereocenters. The van der Waals surface area contributed by atoms with E-state index in [0.717, 1.165) is 22.3 Å². The maximum atomic E-state index is 13.0. The van der Waals surface area contributed by atoms with Crippen LogP contribution in [0.25, 0.3) is 0 Å². The summed E-state index contributed by atoms with van der Waals surface area (Å²) in [6, 6.07) is 14.5. The minimum Gasteiger partial charge on any atom is -0.300 e. The molecule has 2 aromatic carbocycles. The van der Waals surface area contributed by atoms with E-state index in [-0.39, 0.29) is 0 Å². The van der Waals surface area contributed by atoms with Crippen molar-refractivity contribution >= 4 is 31.6 Å². The van der Waals surface area contributed by atoms with Gasteiger partial charge in [-0.15, -0.1) is 0 Å². The second-order valence-corrected chi connectivity index (χ2v) is 8.18. The number of likely N-dealkylation sites (N-methyl/N-ethyl adjacent to an activating group) is 1. The second-order valence-electron chi connectivity index (χ2n) is 5.40. The highest BCUT2D eigenvalue weighted by molar-refractivity contribution is 9.10. The molecule has 1 aliphatic rings. The number of rotatable bonds is 2. The zero-order chi connectivity index (χ0) is 15.7. The Morgan fingerprint density at radius 1 is 1.05 bits per heavy atom. The van der Waals surface area contributed by atoms with Gasteiger partial charge in [0, 0.05) is 24.1 Å². The first-order chi connectivity index (χ1) is 10.5. The van der Waals surface area contributed by atoms with Crippen LogP contribution in [-0.4, -0.2) is 33.5 Å². The molecule has 116 valence electrons.